The maximum absolute atomic E-state index is 13.5. The molecule has 1 aliphatic heterocycles. The van der Waals surface area contributed by atoms with Gasteiger partial charge in [-0.05, 0) is 70.7 Å². The largest absolute Gasteiger partial charge is 0.338 e. The fourth-order valence-electron chi connectivity index (χ4n) is 3.23. The number of hydrogen-bond donors (Lipinski definition) is 2. The van der Waals surface area contributed by atoms with Crippen LogP contribution >= 0.6 is 0 Å². The summed E-state index contributed by atoms with van der Waals surface area (Å²) in [6.45, 7) is 8.07. The third kappa shape index (κ3) is 5.90. The monoisotopic (exact) mass is 399 g/mol. The van der Waals surface area contributed by atoms with Gasteiger partial charge in [0, 0.05) is 24.7 Å². The molecule has 152 valence electrons. The molecule has 8 heteroatoms. The molecule has 0 aliphatic carbocycles. The molecule has 2 rings (SSSR count). The molecule has 1 fully saturated rings. The van der Waals surface area contributed by atoms with E-state index in [0.717, 1.165) is 19.3 Å². The summed E-state index contributed by atoms with van der Waals surface area (Å²) in [4.78, 5) is 12.0. The topological polar surface area (TPSA) is 78.5 Å². The van der Waals surface area contributed by atoms with Crippen LogP contribution in [0.1, 0.15) is 52.0 Å². The summed E-state index contributed by atoms with van der Waals surface area (Å²) >= 11 is 0. The summed E-state index contributed by atoms with van der Waals surface area (Å²) in [6, 6.07) is 3.45. The van der Waals surface area contributed by atoms with Crippen molar-refractivity contribution in [3.63, 3.8) is 0 Å². The number of nitrogens with one attached hydrogen (secondary N) is 2. The van der Waals surface area contributed by atoms with Crippen LogP contribution < -0.4 is 10.6 Å². The van der Waals surface area contributed by atoms with Gasteiger partial charge in [-0.15, -0.1) is 0 Å². The molecular weight excluding hydrogens is 369 g/mol. The van der Waals surface area contributed by atoms with E-state index in [-0.39, 0.29) is 22.5 Å². The number of carbonyl (C=O) groups excluding carboxylic acids is 1. The van der Waals surface area contributed by atoms with E-state index in [1.807, 2.05) is 20.8 Å². The first-order valence-electron chi connectivity index (χ1n) is 9.35. The van der Waals surface area contributed by atoms with Crippen molar-refractivity contribution < 1.29 is 17.6 Å². The smallest absolute Gasteiger partial charge is 0.315 e. The minimum Gasteiger partial charge on any atom is -0.338 e. The number of aryl methyl sites for hydroxylation is 1. The Hall–Kier alpha value is -1.67. The van der Waals surface area contributed by atoms with Crippen LogP contribution in [-0.4, -0.2) is 43.4 Å². The molecular formula is C19H30FN3O3S. The molecule has 2 amide bonds. The van der Waals surface area contributed by atoms with Crippen LogP contribution in [-0.2, 0) is 10.0 Å². The number of rotatable bonds is 5. The number of halogens is 1. The van der Waals surface area contributed by atoms with Crippen molar-refractivity contribution in [3.05, 3.63) is 29.6 Å². The molecule has 2 N–H and O–H groups in total. The van der Waals surface area contributed by atoms with Crippen molar-refractivity contribution in [3.8, 4) is 0 Å². The maximum atomic E-state index is 13.5. The summed E-state index contributed by atoms with van der Waals surface area (Å²) < 4.78 is 41.1. The Labute approximate surface area is 161 Å². The van der Waals surface area contributed by atoms with E-state index in [0.29, 0.717) is 25.1 Å². The lowest BCUT2D eigenvalue weighted by Crippen LogP contribution is -2.48. The summed E-state index contributed by atoms with van der Waals surface area (Å²) in [5.41, 5.74) is -0.0183. The van der Waals surface area contributed by atoms with Gasteiger partial charge in [0.2, 0.25) is 10.0 Å². The molecule has 1 saturated heterocycles. The molecule has 0 radical (unpaired) electrons. The minimum atomic E-state index is -3.69. The molecule has 6 nitrogen and oxygen atoms in total. The highest BCUT2D eigenvalue weighted by molar-refractivity contribution is 7.89. The van der Waals surface area contributed by atoms with Gasteiger partial charge in [-0.2, -0.15) is 4.31 Å². The Balaban J connectivity index is 2.05. The van der Waals surface area contributed by atoms with E-state index < -0.39 is 15.8 Å². The van der Waals surface area contributed by atoms with Gasteiger partial charge in [0.05, 0.1) is 4.90 Å². The molecule has 1 heterocycles. The average molecular weight is 400 g/mol. The number of carbonyl (C=O) groups is 1. The van der Waals surface area contributed by atoms with E-state index in [2.05, 4.69) is 10.6 Å². The van der Waals surface area contributed by atoms with Crippen molar-refractivity contribution >= 4 is 16.1 Å². The van der Waals surface area contributed by atoms with Crippen LogP contribution in [0.15, 0.2) is 23.1 Å². The SMILES string of the molecule is Cc1cc(S(=O)(=O)N2CCCC[C@@H]2CCNC(=O)NC(C)(C)C)ccc1F. The highest BCUT2D eigenvalue weighted by Crippen LogP contribution is 2.27. The van der Waals surface area contributed by atoms with Crippen LogP contribution in [0.2, 0.25) is 0 Å². The van der Waals surface area contributed by atoms with Crippen molar-refractivity contribution in [1.29, 1.82) is 0 Å². The van der Waals surface area contributed by atoms with Crippen molar-refractivity contribution in [2.75, 3.05) is 13.1 Å². The fourth-order valence-corrected chi connectivity index (χ4v) is 5.04. The zero-order valence-electron chi connectivity index (χ0n) is 16.5. The molecule has 0 aromatic heterocycles. The molecule has 0 bridgehead atoms. The van der Waals surface area contributed by atoms with E-state index in [9.17, 15) is 17.6 Å². The van der Waals surface area contributed by atoms with Crippen LogP contribution in [0.4, 0.5) is 9.18 Å². The zero-order valence-corrected chi connectivity index (χ0v) is 17.3. The number of benzene rings is 1. The Morgan fingerprint density at radius 2 is 2.00 bits per heavy atom. The second-order valence-electron chi connectivity index (χ2n) is 8.10. The molecule has 1 aromatic rings. The summed E-state index contributed by atoms with van der Waals surface area (Å²) in [5, 5.41) is 5.61. The number of sulfonamides is 1. The van der Waals surface area contributed by atoms with E-state index >= 15 is 0 Å². The molecule has 1 atom stereocenters. The third-order valence-electron chi connectivity index (χ3n) is 4.56. The van der Waals surface area contributed by atoms with Gasteiger partial charge in [-0.25, -0.2) is 17.6 Å². The Morgan fingerprint density at radius 3 is 2.63 bits per heavy atom. The lowest BCUT2D eigenvalue weighted by molar-refractivity contribution is 0.223. The van der Waals surface area contributed by atoms with Crippen LogP contribution in [0.5, 0.6) is 0 Å². The van der Waals surface area contributed by atoms with E-state index in [1.165, 1.54) is 22.5 Å². The Kier molecular flexibility index (Phi) is 6.86. The van der Waals surface area contributed by atoms with Crippen LogP contribution in [0.25, 0.3) is 0 Å². The van der Waals surface area contributed by atoms with Gasteiger partial charge in [0.15, 0.2) is 0 Å². The first kappa shape index (κ1) is 21.6. The Bertz CT molecular complexity index is 775. The number of piperidine rings is 1. The van der Waals surface area contributed by atoms with E-state index in [4.69, 9.17) is 0 Å². The molecule has 27 heavy (non-hydrogen) atoms. The maximum Gasteiger partial charge on any atom is 0.315 e. The summed E-state index contributed by atoms with van der Waals surface area (Å²) in [7, 11) is -3.69. The van der Waals surface area contributed by atoms with Crippen molar-refractivity contribution in [1.82, 2.24) is 14.9 Å². The third-order valence-corrected chi connectivity index (χ3v) is 6.51. The van der Waals surface area contributed by atoms with Gasteiger partial charge in [-0.1, -0.05) is 6.42 Å². The first-order valence-corrected chi connectivity index (χ1v) is 10.8. The van der Waals surface area contributed by atoms with Gasteiger partial charge >= 0.3 is 6.03 Å². The van der Waals surface area contributed by atoms with Crippen molar-refractivity contribution in [2.24, 2.45) is 0 Å². The highest BCUT2D eigenvalue weighted by atomic mass is 32.2. The summed E-state index contributed by atoms with van der Waals surface area (Å²) in [6.07, 6.45) is 3.04. The molecule has 0 unspecified atom stereocenters. The van der Waals surface area contributed by atoms with E-state index in [1.54, 1.807) is 6.92 Å². The number of urea groups is 1. The quantitative estimate of drug-likeness (QED) is 0.798. The van der Waals surface area contributed by atoms with Gasteiger partial charge in [0.1, 0.15) is 5.82 Å². The summed E-state index contributed by atoms with van der Waals surface area (Å²) in [5.74, 6) is -0.418. The molecule has 1 aromatic carbocycles. The lowest BCUT2D eigenvalue weighted by atomic mass is 10.0. The molecule has 0 spiro atoms. The predicted octanol–water partition coefficient (Wildman–Crippen LogP) is 3.17. The lowest BCUT2D eigenvalue weighted by Gasteiger charge is -2.35. The zero-order chi connectivity index (χ0) is 20.2. The number of hydrogen-bond acceptors (Lipinski definition) is 3. The van der Waals surface area contributed by atoms with Crippen LogP contribution in [0, 0.1) is 12.7 Å². The van der Waals surface area contributed by atoms with Gasteiger partial charge < -0.3 is 10.6 Å². The van der Waals surface area contributed by atoms with Crippen molar-refractivity contribution in [2.45, 2.75) is 69.9 Å². The predicted molar refractivity (Wildman–Crippen MR) is 104 cm³/mol. The number of amides is 2. The normalized spacial score (nSPS) is 18.9. The first-order chi connectivity index (χ1) is 12.5. The molecule has 0 saturated carbocycles. The fraction of sp³-hybridized carbons (Fsp3) is 0.632. The van der Waals surface area contributed by atoms with Gasteiger partial charge in [-0.3, -0.25) is 0 Å². The number of nitrogens with zero attached hydrogens (tertiary/aromatic N) is 1. The average Bonchev–Trinajstić information content (AvgIpc) is 2.56. The Morgan fingerprint density at radius 1 is 1.30 bits per heavy atom. The molecule has 1 aliphatic rings. The second kappa shape index (κ2) is 8.56. The highest BCUT2D eigenvalue weighted by Gasteiger charge is 2.33. The van der Waals surface area contributed by atoms with Crippen LogP contribution in [0.3, 0.4) is 0 Å². The second-order valence-corrected chi connectivity index (χ2v) is 9.99. The van der Waals surface area contributed by atoms with Gasteiger partial charge in [0.25, 0.3) is 0 Å². The minimum absolute atomic E-state index is 0.117. The standard InChI is InChI=1S/C19H30FN3O3S/c1-14-13-16(8-9-17(14)20)27(25,26)23-12-6-5-7-15(23)10-11-21-18(24)22-19(2,3)4/h8-9,13,15H,5-7,10-12H2,1-4H3,(H2,21,22,24)/t15-/m1/s1.